The Labute approximate surface area is 198 Å². The number of nitrogens with zero attached hydrogens (tertiary/aromatic N) is 4. The molecular formula is C24H29ClN4O4. The Morgan fingerprint density at radius 1 is 1.00 bits per heavy atom. The van der Waals surface area contributed by atoms with Crippen LogP contribution in [0.15, 0.2) is 18.2 Å². The van der Waals surface area contributed by atoms with Gasteiger partial charge in [-0.2, -0.15) is 0 Å². The van der Waals surface area contributed by atoms with Crippen LogP contribution in [-0.2, 0) is 31.8 Å². The van der Waals surface area contributed by atoms with Crippen LogP contribution in [0.25, 0.3) is 5.69 Å². The molecule has 1 saturated carbocycles. The Kier molecular flexibility index (Phi) is 5.64. The summed E-state index contributed by atoms with van der Waals surface area (Å²) in [5.74, 6) is 1.78. The molecular weight excluding hydrogens is 444 g/mol. The van der Waals surface area contributed by atoms with Gasteiger partial charge in [0.2, 0.25) is 5.91 Å². The number of carbonyl (C=O) groups is 1. The highest BCUT2D eigenvalue weighted by Gasteiger charge is 2.43. The average Bonchev–Trinajstić information content (AvgIpc) is 3.44. The van der Waals surface area contributed by atoms with Crippen molar-refractivity contribution in [1.82, 2.24) is 19.7 Å². The van der Waals surface area contributed by atoms with Crippen LogP contribution in [0.3, 0.4) is 0 Å². The van der Waals surface area contributed by atoms with Crippen molar-refractivity contribution in [1.29, 1.82) is 0 Å². The summed E-state index contributed by atoms with van der Waals surface area (Å²) in [6.07, 6.45) is 4.81. The van der Waals surface area contributed by atoms with Gasteiger partial charge in [-0.3, -0.25) is 9.36 Å². The van der Waals surface area contributed by atoms with Gasteiger partial charge in [-0.25, -0.2) is 0 Å². The highest BCUT2D eigenvalue weighted by molar-refractivity contribution is 6.30. The standard InChI is InChI=1S/C24H29ClN4O4/c25-19-5-6-20-18(13-19)14-24(32-11-12-33-24)15-21-26-27-22(29(20)21)16-1-3-17(4-2-16)23(30)28-7-9-31-10-8-28/h5-6,13,16-17H,1-4,7-12,14-15H2/t16-,17-. The predicted octanol–water partition coefficient (Wildman–Crippen LogP) is 2.90. The van der Waals surface area contributed by atoms with Crippen molar-refractivity contribution in [2.75, 3.05) is 39.5 Å². The number of morpholine rings is 1. The Morgan fingerprint density at radius 3 is 2.52 bits per heavy atom. The minimum Gasteiger partial charge on any atom is -0.378 e. The fourth-order valence-corrected chi connectivity index (χ4v) is 6.02. The van der Waals surface area contributed by atoms with E-state index >= 15 is 0 Å². The first-order valence-corrected chi connectivity index (χ1v) is 12.4. The van der Waals surface area contributed by atoms with E-state index in [1.165, 1.54) is 0 Å². The summed E-state index contributed by atoms with van der Waals surface area (Å²) in [6.45, 7) is 3.87. The van der Waals surface area contributed by atoms with E-state index in [-0.39, 0.29) is 17.7 Å². The van der Waals surface area contributed by atoms with Gasteiger partial charge in [-0.1, -0.05) is 11.6 Å². The summed E-state index contributed by atoms with van der Waals surface area (Å²) in [4.78, 5) is 14.9. The first-order valence-electron chi connectivity index (χ1n) is 12.0. The smallest absolute Gasteiger partial charge is 0.225 e. The van der Waals surface area contributed by atoms with E-state index in [9.17, 15) is 4.79 Å². The van der Waals surface area contributed by atoms with Crippen molar-refractivity contribution < 1.29 is 19.0 Å². The summed E-state index contributed by atoms with van der Waals surface area (Å²) >= 11 is 6.36. The third-order valence-electron chi connectivity index (χ3n) is 7.50. The minimum atomic E-state index is -0.708. The van der Waals surface area contributed by atoms with E-state index in [0.29, 0.717) is 57.4 Å². The van der Waals surface area contributed by atoms with Gasteiger partial charge in [0.05, 0.1) is 38.5 Å². The summed E-state index contributed by atoms with van der Waals surface area (Å²) in [5.41, 5.74) is 2.14. The number of ether oxygens (including phenoxy) is 3. The lowest BCUT2D eigenvalue weighted by Gasteiger charge is -2.33. The first kappa shape index (κ1) is 21.5. The van der Waals surface area contributed by atoms with Crippen molar-refractivity contribution in [3.05, 3.63) is 40.4 Å². The molecule has 4 heterocycles. The van der Waals surface area contributed by atoms with Crippen LogP contribution in [0.1, 0.15) is 48.8 Å². The van der Waals surface area contributed by atoms with Crippen LogP contribution in [0.5, 0.6) is 0 Å². The maximum Gasteiger partial charge on any atom is 0.225 e. The van der Waals surface area contributed by atoms with Gasteiger partial charge in [0, 0.05) is 36.4 Å². The summed E-state index contributed by atoms with van der Waals surface area (Å²) in [7, 11) is 0. The maximum atomic E-state index is 13.0. The number of benzene rings is 1. The quantitative estimate of drug-likeness (QED) is 0.668. The molecule has 6 rings (SSSR count). The Hall–Kier alpha value is -2.00. The van der Waals surface area contributed by atoms with Crippen molar-refractivity contribution in [3.8, 4) is 5.69 Å². The minimum absolute atomic E-state index is 0.0977. The molecule has 3 aliphatic heterocycles. The fourth-order valence-electron chi connectivity index (χ4n) is 5.82. The lowest BCUT2D eigenvalue weighted by Crippen LogP contribution is -2.44. The van der Waals surface area contributed by atoms with Gasteiger partial charge >= 0.3 is 0 Å². The molecule has 2 saturated heterocycles. The largest absolute Gasteiger partial charge is 0.378 e. The second kappa shape index (κ2) is 8.65. The van der Waals surface area contributed by atoms with E-state index in [1.807, 2.05) is 17.0 Å². The summed E-state index contributed by atoms with van der Waals surface area (Å²) in [5, 5.41) is 9.94. The second-order valence-electron chi connectivity index (χ2n) is 9.53. The van der Waals surface area contributed by atoms with Crippen LogP contribution >= 0.6 is 11.6 Å². The SMILES string of the molecule is O=C([C@H]1CC[C@H](c2nnc3n2-c2ccc(Cl)cc2CC2(C3)OCCO2)CC1)N1CCOCC1. The van der Waals surface area contributed by atoms with Crippen LogP contribution in [-0.4, -0.2) is 70.9 Å². The fraction of sp³-hybridized carbons (Fsp3) is 0.625. The predicted molar refractivity (Wildman–Crippen MR) is 121 cm³/mol. The highest BCUT2D eigenvalue weighted by Crippen LogP contribution is 2.41. The number of hydrogen-bond donors (Lipinski definition) is 0. The molecule has 1 aromatic carbocycles. The number of rotatable bonds is 2. The molecule has 0 unspecified atom stereocenters. The molecule has 1 amide bonds. The molecule has 33 heavy (non-hydrogen) atoms. The molecule has 2 aromatic rings. The number of fused-ring (bicyclic) bond motifs is 3. The van der Waals surface area contributed by atoms with Gasteiger partial charge in [0.1, 0.15) is 11.6 Å². The van der Waals surface area contributed by atoms with Crippen LogP contribution in [0.4, 0.5) is 0 Å². The number of amides is 1. The van der Waals surface area contributed by atoms with Crippen LogP contribution in [0, 0.1) is 5.92 Å². The average molecular weight is 473 g/mol. The van der Waals surface area contributed by atoms with Crippen LogP contribution in [0.2, 0.25) is 5.02 Å². The van der Waals surface area contributed by atoms with Gasteiger partial charge in [-0.15, -0.1) is 10.2 Å². The lowest BCUT2D eigenvalue weighted by atomic mass is 9.80. The molecule has 1 aliphatic carbocycles. The van der Waals surface area contributed by atoms with E-state index in [0.717, 1.165) is 48.6 Å². The molecule has 0 radical (unpaired) electrons. The molecule has 0 bridgehead atoms. The Morgan fingerprint density at radius 2 is 1.76 bits per heavy atom. The van der Waals surface area contributed by atoms with Gasteiger partial charge in [0.15, 0.2) is 5.79 Å². The van der Waals surface area contributed by atoms with E-state index in [4.69, 9.17) is 25.8 Å². The molecule has 0 atom stereocenters. The molecule has 4 aliphatic rings. The number of halogens is 1. The van der Waals surface area contributed by atoms with Crippen molar-refractivity contribution >= 4 is 17.5 Å². The third-order valence-corrected chi connectivity index (χ3v) is 7.74. The number of carbonyl (C=O) groups excluding carboxylic acids is 1. The molecule has 9 heteroatoms. The first-order chi connectivity index (χ1) is 16.1. The second-order valence-corrected chi connectivity index (χ2v) is 9.97. The zero-order chi connectivity index (χ0) is 22.4. The molecule has 1 aromatic heterocycles. The Balaban J connectivity index is 1.26. The molecule has 8 nitrogen and oxygen atoms in total. The molecule has 3 fully saturated rings. The maximum absolute atomic E-state index is 13.0. The summed E-state index contributed by atoms with van der Waals surface area (Å²) < 4.78 is 19.7. The highest BCUT2D eigenvalue weighted by atomic mass is 35.5. The van der Waals surface area contributed by atoms with E-state index in [2.05, 4.69) is 20.8 Å². The van der Waals surface area contributed by atoms with Crippen molar-refractivity contribution in [2.45, 2.75) is 50.2 Å². The van der Waals surface area contributed by atoms with Crippen LogP contribution < -0.4 is 0 Å². The normalized spacial score (nSPS) is 26.6. The van der Waals surface area contributed by atoms with Crippen molar-refractivity contribution in [3.63, 3.8) is 0 Å². The lowest BCUT2D eigenvalue weighted by molar-refractivity contribution is -0.155. The summed E-state index contributed by atoms with van der Waals surface area (Å²) in [6, 6.07) is 5.97. The molecule has 1 spiro atoms. The van der Waals surface area contributed by atoms with E-state index < -0.39 is 5.79 Å². The molecule has 176 valence electrons. The topological polar surface area (TPSA) is 78.7 Å². The van der Waals surface area contributed by atoms with Crippen molar-refractivity contribution in [2.24, 2.45) is 5.92 Å². The van der Waals surface area contributed by atoms with E-state index in [1.54, 1.807) is 0 Å². The third kappa shape index (κ3) is 3.97. The Bertz CT molecular complexity index is 1040. The van der Waals surface area contributed by atoms with Gasteiger partial charge in [0.25, 0.3) is 0 Å². The zero-order valence-corrected chi connectivity index (χ0v) is 19.4. The number of hydrogen-bond acceptors (Lipinski definition) is 6. The number of aromatic nitrogens is 3. The molecule has 0 N–H and O–H groups in total. The van der Waals surface area contributed by atoms with Gasteiger partial charge < -0.3 is 19.1 Å². The zero-order valence-electron chi connectivity index (χ0n) is 18.7. The van der Waals surface area contributed by atoms with Gasteiger partial charge in [-0.05, 0) is 49.4 Å². The monoisotopic (exact) mass is 472 g/mol.